The zero-order chi connectivity index (χ0) is 25.2. The summed E-state index contributed by atoms with van der Waals surface area (Å²) in [6, 6.07) is 12.8. The summed E-state index contributed by atoms with van der Waals surface area (Å²) >= 11 is 6.05. The number of halogens is 1. The van der Waals surface area contributed by atoms with E-state index in [0.29, 0.717) is 23.0 Å². The molecule has 1 aromatic heterocycles. The van der Waals surface area contributed by atoms with Crippen LogP contribution in [0.5, 0.6) is 5.75 Å². The Hall–Kier alpha value is -3.32. The molecule has 1 aliphatic heterocycles. The lowest BCUT2D eigenvalue weighted by molar-refractivity contribution is 0.0514. The first-order valence-corrected chi connectivity index (χ1v) is 12.2. The molecule has 4 rings (SSSR count). The molecule has 0 N–H and O–H groups in total. The van der Waals surface area contributed by atoms with Crippen molar-refractivity contribution in [2.45, 2.75) is 59.3 Å². The van der Waals surface area contributed by atoms with Gasteiger partial charge in [0.15, 0.2) is 0 Å². The van der Waals surface area contributed by atoms with Crippen LogP contribution in [0.1, 0.15) is 62.0 Å². The SMILES string of the molecule is CCCCN1Cc2cc(OCc3cn(C(=O)OC(C)(C)C)nc3-c3ccc(Cl)cc3)ccc2C1=O. The predicted molar refractivity (Wildman–Crippen MR) is 135 cm³/mol. The van der Waals surface area contributed by atoms with E-state index in [1.165, 1.54) is 4.68 Å². The van der Waals surface area contributed by atoms with Crippen molar-refractivity contribution in [3.63, 3.8) is 0 Å². The number of carbonyl (C=O) groups is 2. The Balaban J connectivity index is 1.55. The molecule has 0 saturated carbocycles. The zero-order valence-corrected chi connectivity index (χ0v) is 21.3. The van der Waals surface area contributed by atoms with Gasteiger partial charge in [-0.2, -0.15) is 9.78 Å². The number of fused-ring (bicyclic) bond motifs is 1. The number of amides is 1. The van der Waals surface area contributed by atoms with Gasteiger partial charge in [0.2, 0.25) is 0 Å². The van der Waals surface area contributed by atoms with Crippen LogP contribution in [0, 0.1) is 0 Å². The average Bonchev–Trinajstić information content (AvgIpc) is 3.37. The zero-order valence-electron chi connectivity index (χ0n) is 20.5. The third-order valence-corrected chi connectivity index (χ3v) is 5.87. The topological polar surface area (TPSA) is 73.7 Å². The maximum absolute atomic E-state index is 12.6. The van der Waals surface area contributed by atoms with Gasteiger partial charge in [0.05, 0.1) is 5.69 Å². The summed E-state index contributed by atoms with van der Waals surface area (Å²) in [7, 11) is 0. The highest BCUT2D eigenvalue weighted by molar-refractivity contribution is 6.30. The third-order valence-electron chi connectivity index (χ3n) is 5.62. The van der Waals surface area contributed by atoms with Crippen LogP contribution in [0.15, 0.2) is 48.7 Å². The average molecular weight is 496 g/mol. The van der Waals surface area contributed by atoms with Crippen molar-refractivity contribution >= 4 is 23.6 Å². The Morgan fingerprint density at radius 1 is 1.14 bits per heavy atom. The number of ether oxygens (including phenoxy) is 2. The maximum Gasteiger partial charge on any atom is 0.435 e. The molecule has 35 heavy (non-hydrogen) atoms. The molecule has 7 nitrogen and oxygen atoms in total. The number of benzene rings is 2. The van der Waals surface area contributed by atoms with E-state index < -0.39 is 11.7 Å². The first-order valence-electron chi connectivity index (χ1n) is 11.8. The molecule has 0 fully saturated rings. The molecule has 2 heterocycles. The number of unbranched alkanes of at least 4 members (excludes halogenated alkanes) is 1. The summed E-state index contributed by atoms with van der Waals surface area (Å²) in [6.07, 6.45) is 3.09. The van der Waals surface area contributed by atoms with Gasteiger partial charge in [-0.3, -0.25) is 4.79 Å². The summed E-state index contributed by atoms with van der Waals surface area (Å²) in [6.45, 7) is 9.07. The van der Waals surface area contributed by atoms with E-state index in [-0.39, 0.29) is 12.5 Å². The van der Waals surface area contributed by atoms with E-state index in [1.807, 2.05) is 29.2 Å². The van der Waals surface area contributed by atoms with Gasteiger partial charge in [0.1, 0.15) is 18.0 Å². The second kappa shape index (κ2) is 10.1. The largest absolute Gasteiger partial charge is 0.489 e. The van der Waals surface area contributed by atoms with Crippen LogP contribution in [-0.2, 0) is 17.9 Å². The summed E-state index contributed by atoms with van der Waals surface area (Å²) in [5, 5.41) is 5.09. The van der Waals surface area contributed by atoms with E-state index in [0.717, 1.165) is 41.6 Å². The standard InChI is InChI=1S/C27H30ClN3O4/c1-5-6-13-30-15-19-14-22(11-12-23(19)25(30)32)34-17-20-16-31(26(33)35-27(2,3)4)29-24(20)18-7-9-21(28)10-8-18/h7-12,14,16H,5-6,13,15,17H2,1-4H3. The van der Waals surface area contributed by atoms with Gasteiger partial charge in [0.25, 0.3) is 5.91 Å². The Morgan fingerprint density at radius 2 is 1.89 bits per heavy atom. The molecule has 1 amide bonds. The molecule has 0 bridgehead atoms. The molecule has 0 atom stereocenters. The van der Waals surface area contributed by atoms with Crippen LogP contribution >= 0.6 is 11.6 Å². The van der Waals surface area contributed by atoms with Gasteiger partial charge in [0, 0.05) is 41.0 Å². The maximum atomic E-state index is 12.6. The van der Waals surface area contributed by atoms with Gasteiger partial charge in [-0.1, -0.05) is 37.1 Å². The molecule has 2 aromatic carbocycles. The van der Waals surface area contributed by atoms with Crippen molar-refractivity contribution in [3.8, 4) is 17.0 Å². The molecule has 0 unspecified atom stereocenters. The third kappa shape index (κ3) is 5.85. The van der Waals surface area contributed by atoms with E-state index >= 15 is 0 Å². The van der Waals surface area contributed by atoms with Crippen molar-refractivity contribution in [2.24, 2.45) is 0 Å². The molecule has 0 spiro atoms. The molecule has 1 aliphatic rings. The number of nitrogens with zero attached hydrogens (tertiary/aromatic N) is 3. The number of carbonyl (C=O) groups excluding carboxylic acids is 2. The Bertz CT molecular complexity index is 1230. The first-order chi connectivity index (χ1) is 16.6. The monoisotopic (exact) mass is 495 g/mol. The van der Waals surface area contributed by atoms with Crippen molar-refractivity contribution in [1.29, 1.82) is 0 Å². The van der Waals surface area contributed by atoms with Gasteiger partial charge < -0.3 is 14.4 Å². The first kappa shape index (κ1) is 24.8. The van der Waals surface area contributed by atoms with Crippen LogP contribution < -0.4 is 4.74 Å². The number of aromatic nitrogens is 2. The fourth-order valence-corrected chi connectivity index (χ4v) is 4.03. The van der Waals surface area contributed by atoms with E-state index in [2.05, 4.69) is 12.0 Å². The van der Waals surface area contributed by atoms with Gasteiger partial charge in [-0.05, 0) is 63.1 Å². The van der Waals surface area contributed by atoms with Crippen LogP contribution in [-0.4, -0.2) is 38.8 Å². The Kier molecular flexibility index (Phi) is 7.17. The number of hydrogen-bond acceptors (Lipinski definition) is 5. The molecule has 184 valence electrons. The Morgan fingerprint density at radius 3 is 2.57 bits per heavy atom. The second-order valence-electron chi connectivity index (χ2n) is 9.62. The highest BCUT2D eigenvalue weighted by atomic mass is 35.5. The highest BCUT2D eigenvalue weighted by Crippen LogP contribution is 2.29. The quantitative estimate of drug-likeness (QED) is 0.383. The van der Waals surface area contributed by atoms with Gasteiger partial charge in [-0.15, -0.1) is 0 Å². The lowest BCUT2D eigenvalue weighted by Gasteiger charge is -2.18. The second-order valence-corrected chi connectivity index (χ2v) is 10.1. The minimum Gasteiger partial charge on any atom is -0.489 e. The van der Waals surface area contributed by atoms with Crippen LogP contribution in [0.2, 0.25) is 5.02 Å². The predicted octanol–water partition coefficient (Wildman–Crippen LogP) is 6.32. The van der Waals surface area contributed by atoms with Crippen molar-refractivity contribution in [2.75, 3.05) is 6.54 Å². The summed E-state index contributed by atoms with van der Waals surface area (Å²) < 4.78 is 12.8. The number of rotatable bonds is 7. The van der Waals surface area contributed by atoms with Crippen LogP contribution in [0.4, 0.5) is 4.79 Å². The lowest BCUT2D eigenvalue weighted by atomic mass is 10.1. The van der Waals surface area contributed by atoms with E-state index in [9.17, 15) is 9.59 Å². The molecule has 0 aliphatic carbocycles. The molecular weight excluding hydrogens is 466 g/mol. The van der Waals surface area contributed by atoms with Gasteiger partial charge >= 0.3 is 6.09 Å². The van der Waals surface area contributed by atoms with E-state index in [4.69, 9.17) is 21.1 Å². The molecule has 0 radical (unpaired) electrons. The summed E-state index contributed by atoms with van der Waals surface area (Å²) in [4.78, 5) is 27.1. The minimum atomic E-state index is -0.646. The fourth-order valence-electron chi connectivity index (χ4n) is 3.91. The summed E-state index contributed by atoms with van der Waals surface area (Å²) in [5.74, 6) is 0.727. The molecular formula is C27H30ClN3O4. The number of hydrogen-bond donors (Lipinski definition) is 0. The van der Waals surface area contributed by atoms with Crippen molar-refractivity contribution in [3.05, 3.63) is 70.4 Å². The van der Waals surface area contributed by atoms with Gasteiger partial charge in [-0.25, -0.2) is 4.79 Å². The smallest absolute Gasteiger partial charge is 0.435 e. The normalized spacial score (nSPS) is 13.2. The molecule has 0 saturated heterocycles. The minimum absolute atomic E-state index is 0.0728. The lowest BCUT2D eigenvalue weighted by Crippen LogP contribution is -2.27. The van der Waals surface area contributed by atoms with Crippen LogP contribution in [0.25, 0.3) is 11.3 Å². The Labute approximate surface area is 210 Å². The van der Waals surface area contributed by atoms with Crippen molar-refractivity contribution in [1.82, 2.24) is 14.7 Å². The molecule has 8 heteroatoms. The molecule has 3 aromatic rings. The van der Waals surface area contributed by atoms with Crippen LogP contribution in [0.3, 0.4) is 0 Å². The van der Waals surface area contributed by atoms with E-state index in [1.54, 1.807) is 45.2 Å². The summed E-state index contributed by atoms with van der Waals surface area (Å²) in [5.41, 5.74) is 3.18. The fraction of sp³-hybridized carbons (Fsp3) is 0.370. The van der Waals surface area contributed by atoms with Crippen molar-refractivity contribution < 1.29 is 19.1 Å². The highest BCUT2D eigenvalue weighted by Gasteiger charge is 2.27.